The van der Waals surface area contributed by atoms with Crippen LogP contribution >= 0.6 is 11.3 Å². The summed E-state index contributed by atoms with van der Waals surface area (Å²) in [6, 6.07) is 0. The fourth-order valence-corrected chi connectivity index (χ4v) is 2.43. The molecule has 1 aromatic heterocycles. The van der Waals surface area contributed by atoms with Gasteiger partial charge in [-0.15, -0.1) is 10.2 Å². The third kappa shape index (κ3) is 2.29. The van der Waals surface area contributed by atoms with E-state index in [1.165, 1.54) is 0 Å². The van der Waals surface area contributed by atoms with E-state index in [1.807, 2.05) is 7.05 Å². The van der Waals surface area contributed by atoms with Crippen LogP contribution in [-0.4, -0.2) is 30.4 Å². The fraction of sp³-hybridized carbons (Fsp3) is 0.778. The average molecular weight is 213 g/mol. The zero-order valence-corrected chi connectivity index (χ0v) is 9.14. The normalized spacial score (nSPS) is 21.6. The van der Waals surface area contributed by atoms with Crippen molar-refractivity contribution in [2.24, 2.45) is 0 Å². The molecule has 0 amide bonds. The van der Waals surface area contributed by atoms with E-state index in [9.17, 15) is 0 Å². The summed E-state index contributed by atoms with van der Waals surface area (Å²) >= 11 is 1.68. The van der Waals surface area contributed by atoms with E-state index in [4.69, 9.17) is 4.74 Å². The van der Waals surface area contributed by atoms with Crippen molar-refractivity contribution in [1.29, 1.82) is 0 Å². The highest BCUT2D eigenvalue weighted by atomic mass is 32.1. The number of aromatic nitrogens is 2. The molecule has 1 aromatic rings. The van der Waals surface area contributed by atoms with Crippen molar-refractivity contribution in [3.63, 3.8) is 0 Å². The van der Waals surface area contributed by atoms with Gasteiger partial charge in [-0.1, -0.05) is 11.3 Å². The van der Waals surface area contributed by atoms with Crippen LogP contribution < -0.4 is 5.32 Å². The van der Waals surface area contributed by atoms with Crippen molar-refractivity contribution in [1.82, 2.24) is 15.5 Å². The minimum atomic E-state index is 0.218. The topological polar surface area (TPSA) is 47.0 Å². The van der Waals surface area contributed by atoms with Crippen molar-refractivity contribution in [3.8, 4) is 0 Å². The van der Waals surface area contributed by atoms with Gasteiger partial charge in [0.1, 0.15) is 16.1 Å². The van der Waals surface area contributed by atoms with Crippen molar-refractivity contribution in [2.45, 2.75) is 25.4 Å². The monoisotopic (exact) mass is 213 g/mol. The molecule has 1 saturated heterocycles. The van der Waals surface area contributed by atoms with Crippen LogP contribution in [0.1, 0.15) is 29.0 Å². The lowest BCUT2D eigenvalue weighted by Crippen LogP contribution is -2.09. The number of hydrogen-bond donors (Lipinski definition) is 1. The summed E-state index contributed by atoms with van der Waals surface area (Å²) < 4.78 is 5.55. The molecule has 4 nitrogen and oxygen atoms in total. The Kier molecular flexibility index (Phi) is 3.44. The summed E-state index contributed by atoms with van der Waals surface area (Å²) in [4.78, 5) is 0. The lowest BCUT2D eigenvalue weighted by atomic mass is 10.2. The minimum Gasteiger partial charge on any atom is -0.371 e. The molecule has 5 heteroatoms. The van der Waals surface area contributed by atoms with E-state index >= 15 is 0 Å². The molecular formula is C9H15N3OS. The summed E-state index contributed by atoms with van der Waals surface area (Å²) in [5, 5.41) is 13.6. The Labute approximate surface area is 87.7 Å². The van der Waals surface area contributed by atoms with E-state index < -0.39 is 0 Å². The molecular weight excluding hydrogens is 198 g/mol. The van der Waals surface area contributed by atoms with Gasteiger partial charge in [0.15, 0.2) is 0 Å². The van der Waals surface area contributed by atoms with Crippen LogP contribution in [0.3, 0.4) is 0 Å². The number of nitrogens with zero attached hydrogens (tertiary/aromatic N) is 2. The second kappa shape index (κ2) is 4.82. The summed E-state index contributed by atoms with van der Waals surface area (Å²) in [5.41, 5.74) is 0. The molecule has 1 unspecified atom stereocenters. The summed E-state index contributed by atoms with van der Waals surface area (Å²) in [5.74, 6) is 0. The zero-order valence-electron chi connectivity index (χ0n) is 8.32. The number of ether oxygens (including phenoxy) is 1. The predicted octanol–water partition coefficient (Wildman–Crippen LogP) is 1.15. The maximum atomic E-state index is 5.55. The second-order valence-corrected chi connectivity index (χ2v) is 4.48. The Balaban J connectivity index is 1.94. The van der Waals surface area contributed by atoms with E-state index in [-0.39, 0.29) is 6.10 Å². The number of rotatable bonds is 4. The van der Waals surface area contributed by atoms with Crippen LogP contribution in [0.15, 0.2) is 0 Å². The van der Waals surface area contributed by atoms with Gasteiger partial charge in [0.2, 0.25) is 0 Å². The number of hydrogen-bond acceptors (Lipinski definition) is 5. The van der Waals surface area contributed by atoms with Crippen molar-refractivity contribution in [3.05, 3.63) is 10.0 Å². The Morgan fingerprint density at radius 3 is 3.21 bits per heavy atom. The van der Waals surface area contributed by atoms with E-state index in [0.717, 1.165) is 42.4 Å². The van der Waals surface area contributed by atoms with Gasteiger partial charge in [-0.05, 0) is 19.9 Å². The van der Waals surface area contributed by atoms with Gasteiger partial charge in [0.25, 0.3) is 0 Å². The molecule has 2 rings (SSSR count). The summed E-state index contributed by atoms with van der Waals surface area (Å²) in [6.07, 6.45) is 3.42. The van der Waals surface area contributed by atoms with E-state index in [0.29, 0.717) is 0 Å². The van der Waals surface area contributed by atoms with Crippen molar-refractivity contribution in [2.75, 3.05) is 20.2 Å². The minimum absolute atomic E-state index is 0.218. The number of likely N-dealkylation sites (N-methyl/N-ethyl adjacent to an activating group) is 1. The van der Waals surface area contributed by atoms with Crippen molar-refractivity contribution >= 4 is 11.3 Å². The van der Waals surface area contributed by atoms with Crippen LogP contribution in [0.5, 0.6) is 0 Å². The quantitative estimate of drug-likeness (QED) is 0.815. The Morgan fingerprint density at radius 2 is 2.50 bits per heavy atom. The van der Waals surface area contributed by atoms with Gasteiger partial charge in [-0.2, -0.15) is 0 Å². The van der Waals surface area contributed by atoms with Gasteiger partial charge in [-0.3, -0.25) is 0 Å². The highest BCUT2D eigenvalue weighted by Crippen LogP contribution is 2.30. The summed E-state index contributed by atoms with van der Waals surface area (Å²) in [6.45, 7) is 1.83. The first kappa shape index (κ1) is 10.0. The third-order valence-electron chi connectivity index (χ3n) is 2.28. The molecule has 1 aliphatic heterocycles. The highest BCUT2D eigenvalue weighted by Gasteiger charge is 2.21. The molecule has 78 valence electrons. The molecule has 1 N–H and O–H groups in total. The first-order chi connectivity index (χ1) is 6.90. The molecule has 14 heavy (non-hydrogen) atoms. The Hall–Kier alpha value is -0.520. The molecule has 1 atom stereocenters. The molecule has 0 spiro atoms. The maximum absolute atomic E-state index is 5.55. The smallest absolute Gasteiger partial charge is 0.146 e. The summed E-state index contributed by atoms with van der Waals surface area (Å²) in [7, 11) is 1.95. The third-order valence-corrected chi connectivity index (χ3v) is 3.35. The lowest BCUT2D eigenvalue weighted by molar-refractivity contribution is 0.111. The molecule has 1 fully saturated rings. The zero-order chi connectivity index (χ0) is 9.80. The molecule has 0 aliphatic carbocycles. The highest BCUT2D eigenvalue weighted by molar-refractivity contribution is 7.11. The van der Waals surface area contributed by atoms with Gasteiger partial charge in [-0.25, -0.2) is 0 Å². The van der Waals surface area contributed by atoms with Crippen LogP contribution in [-0.2, 0) is 11.2 Å². The van der Waals surface area contributed by atoms with Crippen LogP contribution in [0.4, 0.5) is 0 Å². The van der Waals surface area contributed by atoms with Gasteiger partial charge in [0, 0.05) is 19.6 Å². The Morgan fingerprint density at radius 1 is 1.57 bits per heavy atom. The molecule has 0 saturated carbocycles. The lowest BCUT2D eigenvalue weighted by Gasteiger charge is -2.01. The van der Waals surface area contributed by atoms with Gasteiger partial charge >= 0.3 is 0 Å². The van der Waals surface area contributed by atoms with Crippen LogP contribution in [0.25, 0.3) is 0 Å². The first-order valence-electron chi connectivity index (χ1n) is 4.98. The first-order valence-corrected chi connectivity index (χ1v) is 5.80. The molecule has 2 heterocycles. The largest absolute Gasteiger partial charge is 0.371 e. The Bertz CT molecular complexity index is 283. The number of nitrogens with one attached hydrogen (secondary N) is 1. The van der Waals surface area contributed by atoms with Crippen LogP contribution in [0.2, 0.25) is 0 Å². The second-order valence-electron chi connectivity index (χ2n) is 3.39. The van der Waals surface area contributed by atoms with Gasteiger partial charge in [0.05, 0.1) is 0 Å². The SMILES string of the molecule is CNCCc1nnc(C2CCCO2)s1. The van der Waals surface area contributed by atoms with Crippen LogP contribution in [0, 0.1) is 0 Å². The standard InChI is InChI=1S/C9H15N3OS/c1-10-5-4-8-11-12-9(14-8)7-3-2-6-13-7/h7,10H,2-6H2,1H3. The van der Waals surface area contributed by atoms with E-state index in [1.54, 1.807) is 11.3 Å². The average Bonchev–Trinajstić information content (AvgIpc) is 2.85. The molecule has 0 aromatic carbocycles. The van der Waals surface area contributed by atoms with Gasteiger partial charge < -0.3 is 10.1 Å². The van der Waals surface area contributed by atoms with Crippen molar-refractivity contribution < 1.29 is 4.74 Å². The molecule has 0 radical (unpaired) electrons. The molecule has 0 bridgehead atoms. The van der Waals surface area contributed by atoms with E-state index in [2.05, 4.69) is 15.5 Å². The molecule has 1 aliphatic rings. The predicted molar refractivity (Wildman–Crippen MR) is 55.5 cm³/mol. The maximum Gasteiger partial charge on any atom is 0.146 e. The fourth-order valence-electron chi connectivity index (χ4n) is 1.50.